The molecular weight excluding hydrogens is 777 g/mol. The van der Waals surface area contributed by atoms with Gasteiger partial charge in [-0.15, -0.1) is 0 Å². The van der Waals surface area contributed by atoms with Crippen LogP contribution in [0.1, 0.15) is 119 Å². The summed E-state index contributed by atoms with van der Waals surface area (Å²) in [5, 5.41) is 37.7. The third-order valence-corrected chi connectivity index (χ3v) is 10.6. The van der Waals surface area contributed by atoms with E-state index in [4.69, 9.17) is 0 Å². The van der Waals surface area contributed by atoms with E-state index in [-0.39, 0.29) is 22.3 Å². The van der Waals surface area contributed by atoms with E-state index in [0.717, 1.165) is 66.8 Å². The minimum absolute atomic E-state index is 0.146. The van der Waals surface area contributed by atoms with Gasteiger partial charge in [-0.1, -0.05) is 47.4 Å². The largest absolute Gasteiger partial charge is 0.478 e. The first-order valence-corrected chi connectivity index (χ1v) is 19.2. The lowest BCUT2D eigenvalue weighted by Crippen LogP contribution is -2.07. The van der Waals surface area contributed by atoms with Crippen molar-refractivity contribution >= 4 is 23.9 Å². The number of hydrogen-bond acceptors (Lipinski definition) is 4. The molecule has 0 atom stereocenters. The van der Waals surface area contributed by atoms with E-state index in [1.165, 1.54) is 48.5 Å². The molecule has 6 aromatic carbocycles. The molecule has 62 heavy (non-hydrogen) atoms. The highest BCUT2D eigenvalue weighted by Gasteiger charge is 2.24. The lowest BCUT2D eigenvalue weighted by Gasteiger charge is -2.23. The van der Waals surface area contributed by atoms with Crippen LogP contribution in [0.3, 0.4) is 0 Å². The molecule has 0 aliphatic rings. The van der Waals surface area contributed by atoms with Crippen LogP contribution in [-0.2, 0) is 0 Å². The van der Waals surface area contributed by atoms with Crippen molar-refractivity contribution < 1.29 is 39.6 Å². The van der Waals surface area contributed by atoms with E-state index in [9.17, 15) is 39.6 Å². The molecule has 0 aliphatic heterocycles. The van der Waals surface area contributed by atoms with Crippen molar-refractivity contribution in [3.8, 4) is 58.5 Å². The number of aromatic carboxylic acids is 4. The van der Waals surface area contributed by atoms with E-state index in [2.05, 4.69) is 47.4 Å². The molecule has 6 rings (SSSR count). The Kier molecular flexibility index (Phi) is 12.6. The summed E-state index contributed by atoms with van der Waals surface area (Å²) in [5.74, 6) is 22.2. The zero-order valence-electron chi connectivity index (χ0n) is 34.7. The minimum atomic E-state index is -1.04. The van der Waals surface area contributed by atoms with E-state index in [1.54, 1.807) is 48.5 Å². The normalized spacial score (nSPS) is 10.1. The number of carboxylic acids is 4. The van der Waals surface area contributed by atoms with Crippen molar-refractivity contribution in [2.45, 2.75) is 41.5 Å². The van der Waals surface area contributed by atoms with E-state index in [0.29, 0.717) is 22.3 Å². The fourth-order valence-corrected chi connectivity index (χ4v) is 7.26. The van der Waals surface area contributed by atoms with Gasteiger partial charge in [0.2, 0.25) is 0 Å². The molecule has 0 heterocycles. The summed E-state index contributed by atoms with van der Waals surface area (Å²) in [7, 11) is 0. The van der Waals surface area contributed by atoms with Crippen molar-refractivity contribution in [2.75, 3.05) is 0 Å². The molecule has 6 aromatic rings. The molecule has 302 valence electrons. The average Bonchev–Trinajstić information content (AvgIpc) is 3.25. The quantitative estimate of drug-likeness (QED) is 0.126. The predicted octanol–water partition coefficient (Wildman–Crippen LogP) is 9.60. The third-order valence-electron chi connectivity index (χ3n) is 10.6. The van der Waals surface area contributed by atoms with Crippen LogP contribution in [0.25, 0.3) is 11.1 Å². The molecule has 0 aliphatic carbocycles. The minimum Gasteiger partial charge on any atom is -0.478 e. The Morgan fingerprint density at radius 1 is 0.290 bits per heavy atom. The Balaban J connectivity index is 1.65. The molecule has 0 aromatic heterocycles. The van der Waals surface area contributed by atoms with Crippen LogP contribution in [0.15, 0.2) is 97.1 Å². The molecule has 8 nitrogen and oxygen atoms in total. The summed E-state index contributed by atoms with van der Waals surface area (Å²) in [6.07, 6.45) is 0. The second-order valence-electron chi connectivity index (χ2n) is 14.5. The van der Waals surface area contributed by atoms with Gasteiger partial charge in [-0.3, -0.25) is 0 Å². The zero-order valence-corrected chi connectivity index (χ0v) is 34.7. The maximum Gasteiger partial charge on any atom is 0.335 e. The molecule has 0 fully saturated rings. The summed E-state index contributed by atoms with van der Waals surface area (Å²) < 4.78 is 0. The van der Waals surface area contributed by atoms with Crippen molar-refractivity contribution in [1.29, 1.82) is 0 Å². The van der Waals surface area contributed by atoms with Crippen LogP contribution in [-0.4, -0.2) is 44.3 Å². The van der Waals surface area contributed by atoms with Gasteiger partial charge >= 0.3 is 23.9 Å². The number of rotatable bonds is 5. The molecule has 0 bridgehead atoms. The lowest BCUT2D eigenvalue weighted by molar-refractivity contribution is 0.0686. The number of hydrogen-bond donors (Lipinski definition) is 4. The van der Waals surface area contributed by atoms with E-state index >= 15 is 0 Å². The number of carbonyl (C=O) groups is 4. The highest BCUT2D eigenvalue weighted by Crippen LogP contribution is 2.41. The highest BCUT2D eigenvalue weighted by molar-refractivity contribution is 5.90. The van der Waals surface area contributed by atoms with Crippen LogP contribution in [0, 0.1) is 88.9 Å². The van der Waals surface area contributed by atoms with Crippen LogP contribution in [0.5, 0.6) is 0 Å². The predicted molar refractivity (Wildman–Crippen MR) is 238 cm³/mol. The van der Waals surface area contributed by atoms with Gasteiger partial charge < -0.3 is 20.4 Å². The van der Waals surface area contributed by atoms with Gasteiger partial charge in [0.1, 0.15) is 0 Å². The molecule has 0 saturated heterocycles. The van der Waals surface area contributed by atoms with E-state index in [1.807, 2.05) is 41.5 Å². The van der Waals surface area contributed by atoms with Crippen molar-refractivity contribution in [1.82, 2.24) is 0 Å². The van der Waals surface area contributed by atoms with Gasteiger partial charge in [0.25, 0.3) is 0 Å². The van der Waals surface area contributed by atoms with Gasteiger partial charge in [0, 0.05) is 44.5 Å². The Hall–Kier alpha value is -8.56. The standard InChI is InChI=1S/C54H38O8/c1-31-45(27-15-37-7-19-41(20-8-37)51(55)56)33(3)49(34(4)46(31)28-16-38-9-21-42(22-10-38)52(57)58)50-35(5)47(29-17-39-11-23-43(24-12-39)53(59)60)32(2)48(36(50)6)30-18-40-13-25-44(26-14-40)54(61)62/h7-14,19-26H,1-6H3,(H,55,56)(H,57,58)(H,59,60)(H,61,62). The smallest absolute Gasteiger partial charge is 0.335 e. The fourth-order valence-electron chi connectivity index (χ4n) is 7.26. The second kappa shape index (κ2) is 18.1. The lowest BCUT2D eigenvalue weighted by atomic mass is 9.79. The molecule has 0 radical (unpaired) electrons. The summed E-state index contributed by atoms with van der Waals surface area (Å²) >= 11 is 0. The third kappa shape index (κ3) is 9.17. The highest BCUT2D eigenvalue weighted by atomic mass is 16.4. The Morgan fingerprint density at radius 3 is 0.629 bits per heavy atom. The molecule has 0 saturated carbocycles. The number of benzene rings is 6. The fraction of sp³-hybridized carbons (Fsp3) is 0.111. The van der Waals surface area contributed by atoms with Crippen molar-refractivity contribution in [3.05, 3.63) is 197 Å². The van der Waals surface area contributed by atoms with Crippen LogP contribution < -0.4 is 0 Å². The molecule has 4 N–H and O–H groups in total. The number of carboxylic acid groups (broad SMARTS) is 4. The molecule has 8 heteroatoms. The first-order valence-electron chi connectivity index (χ1n) is 19.2. The van der Waals surface area contributed by atoms with Gasteiger partial charge in [-0.05, 0) is 183 Å². The summed E-state index contributed by atoms with van der Waals surface area (Å²) in [6, 6.07) is 25.3. The van der Waals surface area contributed by atoms with E-state index < -0.39 is 23.9 Å². The Morgan fingerprint density at radius 2 is 0.468 bits per heavy atom. The second-order valence-corrected chi connectivity index (χ2v) is 14.5. The van der Waals surface area contributed by atoms with Crippen molar-refractivity contribution in [2.24, 2.45) is 0 Å². The molecular formula is C54H38O8. The Bertz CT molecular complexity index is 2680. The van der Waals surface area contributed by atoms with Gasteiger partial charge in [0.15, 0.2) is 0 Å². The SMILES string of the molecule is Cc1c(C#Cc2ccc(C(=O)O)cc2)c(C)c(-c2c(C)c(C#Cc3ccc(C(=O)O)cc3)c(C)c(C#Cc3ccc(C(=O)O)cc3)c2C)c(C)c1C#Cc1ccc(C(=O)O)cc1. The van der Waals surface area contributed by atoms with Gasteiger partial charge in [-0.25, -0.2) is 19.2 Å². The monoisotopic (exact) mass is 814 g/mol. The zero-order chi connectivity index (χ0) is 44.8. The summed E-state index contributed by atoms with van der Waals surface area (Å²) in [4.78, 5) is 46.1. The summed E-state index contributed by atoms with van der Waals surface area (Å²) in [5.41, 5.74) is 12.8. The molecule has 0 amide bonds. The first-order chi connectivity index (χ1) is 29.5. The van der Waals surface area contributed by atoms with Crippen molar-refractivity contribution in [3.63, 3.8) is 0 Å². The van der Waals surface area contributed by atoms with Gasteiger partial charge in [0.05, 0.1) is 22.3 Å². The summed E-state index contributed by atoms with van der Waals surface area (Å²) in [6.45, 7) is 11.9. The maximum atomic E-state index is 11.5. The topological polar surface area (TPSA) is 149 Å². The maximum absolute atomic E-state index is 11.5. The van der Waals surface area contributed by atoms with Crippen LogP contribution in [0.4, 0.5) is 0 Å². The molecule has 0 unspecified atom stereocenters. The molecule has 0 spiro atoms. The van der Waals surface area contributed by atoms with Crippen LogP contribution >= 0.6 is 0 Å². The first kappa shape index (κ1) is 43.0. The average molecular weight is 815 g/mol. The van der Waals surface area contributed by atoms with Gasteiger partial charge in [-0.2, -0.15) is 0 Å². The van der Waals surface area contributed by atoms with Crippen LogP contribution in [0.2, 0.25) is 0 Å². The Labute approximate surface area is 359 Å².